The number of aliphatic hydroxyl groups excluding tert-OH is 1. The number of nitrogens with one attached hydrogen (secondary N) is 1. The Kier molecular flexibility index (Phi) is 4.42. The van der Waals surface area contributed by atoms with Crippen LogP contribution in [0.1, 0.15) is 17.3 Å². The smallest absolute Gasteiger partial charge is 0.287 e. The lowest BCUT2D eigenvalue weighted by Crippen LogP contribution is -2.30. The van der Waals surface area contributed by atoms with Gasteiger partial charge in [0.1, 0.15) is 5.02 Å². The van der Waals surface area contributed by atoms with Crippen molar-refractivity contribution in [3.63, 3.8) is 0 Å². The van der Waals surface area contributed by atoms with Gasteiger partial charge in [-0.25, -0.2) is 0 Å². The van der Waals surface area contributed by atoms with E-state index < -0.39 is 16.9 Å². The highest BCUT2D eigenvalue weighted by Crippen LogP contribution is 2.24. The van der Waals surface area contributed by atoms with E-state index in [4.69, 9.17) is 16.7 Å². The molecule has 1 amide bonds. The highest BCUT2D eigenvalue weighted by Gasteiger charge is 2.15. The lowest BCUT2D eigenvalue weighted by Gasteiger charge is -2.07. The van der Waals surface area contributed by atoms with Crippen LogP contribution in [0.25, 0.3) is 0 Å². The third kappa shape index (κ3) is 3.69. The minimum Gasteiger partial charge on any atom is -0.392 e. The maximum Gasteiger partial charge on any atom is 0.287 e. The van der Waals surface area contributed by atoms with Gasteiger partial charge in [0.15, 0.2) is 0 Å². The third-order valence-corrected chi connectivity index (χ3v) is 2.27. The van der Waals surface area contributed by atoms with Crippen molar-refractivity contribution < 1.29 is 14.8 Å². The van der Waals surface area contributed by atoms with Crippen molar-refractivity contribution in [3.8, 4) is 0 Å². The molecule has 0 aromatic heterocycles. The average molecular weight is 259 g/mol. The van der Waals surface area contributed by atoms with Gasteiger partial charge in [-0.3, -0.25) is 14.9 Å². The average Bonchev–Trinajstić information content (AvgIpc) is 2.25. The van der Waals surface area contributed by atoms with Crippen LogP contribution in [0.4, 0.5) is 5.69 Å². The van der Waals surface area contributed by atoms with Crippen molar-refractivity contribution in [1.82, 2.24) is 5.32 Å². The topological polar surface area (TPSA) is 92.5 Å². The monoisotopic (exact) mass is 258 g/mol. The van der Waals surface area contributed by atoms with Gasteiger partial charge in [-0.2, -0.15) is 0 Å². The summed E-state index contributed by atoms with van der Waals surface area (Å²) in [6.07, 6.45) is -0.660. The van der Waals surface area contributed by atoms with Crippen molar-refractivity contribution in [2.75, 3.05) is 6.54 Å². The molecular formula is C10H11ClN2O4. The minimum absolute atomic E-state index is 0.0975. The van der Waals surface area contributed by atoms with Crippen LogP contribution in [0.2, 0.25) is 5.02 Å². The molecule has 2 N–H and O–H groups in total. The zero-order valence-corrected chi connectivity index (χ0v) is 9.77. The summed E-state index contributed by atoms with van der Waals surface area (Å²) in [6.45, 7) is 1.64. The number of hydrogen-bond donors (Lipinski definition) is 2. The summed E-state index contributed by atoms with van der Waals surface area (Å²) in [5, 5.41) is 21.9. The predicted molar refractivity (Wildman–Crippen MR) is 62.1 cm³/mol. The van der Waals surface area contributed by atoms with Gasteiger partial charge in [-0.15, -0.1) is 0 Å². The van der Waals surface area contributed by atoms with Crippen molar-refractivity contribution in [1.29, 1.82) is 0 Å². The molecule has 1 aromatic carbocycles. The Morgan fingerprint density at radius 3 is 2.76 bits per heavy atom. The van der Waals surface area contributed by atoms with Crippen LogP contribution in [0.5, 0.6) is 0 Å². The largest absolute Gasteiger partial charge is 0.392 e. The van der Waals surface area contributed by atoms with Crippen LogP contribution < -0.4 is 5.32 Å². The quantitative estimate of drug-likeness (QED) is 0.630. The zero-order chi connectivity index (χ0) is 13.0. The molecule has 1 rings (SSSR count). The number of nitro groups is 1. The number of rotatable bonds is 4. The van der Waals surface area contributed by atoms with Gasteiger partial charge in [0.05, 0.1) is 11.0 Å². The van der Waals surface area contributed by atoms with E-state index in [1.165, 1.54) is 25.1 Å². The molecular weight excluding hydrogens is 248 g/mol. The number of amides is 1. The third-order valence-electron chi connectivity index (χ3n) is 1.96. The first-order valence-corrected chi connectivity index (χ1v) is 5.20. The van der Waals surface area contributed by atoms with Gasteiger partial charge in [-0.05, 0) is 19.1 Å². The Hall–Kier alpha value is -1.66. The van der Waals surface area contributed by atoms with Crippen molar-refractivity contribution in [2.24, 2.45) is 0 Å². The lowest BCUT2D eigenvalue weighted by molar-refractivity contribution is -0.384. The van der Waals surface area contributed by atoms with Crippen LogP contribution in [0, 0.1) is 10.1 Å². The maximum absolute atomic E-state index is 11.5. The number of halogens is 1. The number of nitrogens with zero attached hydrogens (tertiary/aromatic N) is 1. The van der Waals surface area contributed by atoms with Crippen LogP contribution >= 0.6 is 11.6 Å². The van der Waals surface area contributed by atoms with Gasteiger partial charge in [0.2, 0.25) is 0 Å². The second-order valence-electron chi connectivity index (χ2n) is 3.48. The molecule has 0 bridgehead atoms. The lowest BCUT2D eigenvalue weighted by atomic mass is 10.2. The summed E-state index contributed by atoms with van der Waals surface area (Å²) < 4.78 is 0. The molecule has 92 valence electrons. The van der Waals surface area contributed by atoms with E-state index in [1.807, 2.05) is 0 Å². The molecule has 0 aliphatic carbocycles. The molecule has 0 fully saturated rings. The molecule has 1 unspecified atom stereocenters. The zero-order valence-electron chi connectivity index (χ0n) is 9.01. The fourth-order valence-corrected chi connectivity index (χ4v) is 1.39. The van der Waals surface area contributed by atoms with Gasteiger partial charge < -0.3 is 10.4 Å². The molecule has 0 radical (unpaired) electrons. The second kappa shape index (κ2) is 5.60. The molecule has 0 spiro atoms. The summed E-state index contributed by atoms with van der Waals surface area (Å²) in [4.78, 5) is 21.4. The molecule has 0 heterocycles. The van der Waals surface area contributed by atoms with Gasteiger partial charge in [-0.1, -0.05) is 11.6 Å². The normalized spacial score (nSPS) is 11.9. The number of aliphatic hydroxyl groups is 1. The summed E-state index contributed by atoms with van der Waals surface area (Å²) in [5.41, 5.74) is -0.0417. The Morgan fingerprint density at radius 2 is 2.29 bits per heavy atom. The van der Waals surface area contributed by atoms with Crippen molar-refractivity contribution in [3.05, 3.63) is 38.9 Å². The number of benzene rings is 1. The van der Waals surface area contributed by atoms with Crippen molar-refractivity contribution >= 4 is 23.2 Å². The summed E-state index contributed by atoms with van der Waals surface area (Å²) in [6, 6.07) is 3.69. The van der Waals surface area contributed by atoms with E-state index in [0.717, 1.165) is 0 Å². The van der Waals surface area contributed by atoms with Crippen LogP contribution in [0.3, 0.4) is 0 Å². The summed E-state index contributed by atoms with van der Waals surface area (Å²) >= 11 is 5.66. The van der Waals surface area contributed by atoms with Crippen molar-refractivity contribution in [2.45, 2.75) is 13.0 Å². The Balaban J connectivity index is 2.83. The first-order chi connectivity index (χ1) is 7.91. The summed E-state index contributed by atoms with van der Waals surface area (Å²) in [7, 11) is 0. The van der Waals surface area contributed by atoms with E-state index in [0.29, 0.717) is 0 Å². The van der Waals surface area contributed by atoms with E-state index >= 15 is 0 Å². The standard InChI is InChI=1S/C10H11ClN2O4/c1-6(14)5-12-10(15)7-2-3-9(13(16)17)8(11)4-7/h2-4,6,14H,5H2,1H3,(H,12,15). The number of nitro benzene ring substituents is 1. The number of hydrogen-bond acceptors (Lipinski definition) is 4. The number of carbonyl (C=O) groups excluding carboxylic acids is 1. The van der Waals surface area contributed by atoms with Gasteiger partial charge >= 0.3 is 0 Å². The molecule has 0 aliphatic rings. The minimum atomic E-state index is -0.660. The highest BCUT2D eigenvalue weighted by atomic mass is 35.5. The molecule has 7 heteroatoms. The van der Waals surface area contributed by atoms with E-state index in [9.17, 15) is 14.9 Å². The van der Waals surface area contributed by atoms with E-state index in [-0.39, 0.29) is 22.8 Å². The van der Waals surface area contributed by atoms with Gasteiger partial charge in [0.25, 0.3) is 11.6 Å². The fourth-order valence-electron chi connectivity index (χ4n) is 1.14. The summed E-state index contributed by atoms with van der Waals surface area (Å²) in [5.74, 6) is -0.442. The SMILES string of the molecule is CC(O)CNC(=O)c1ccc([N+](=O)[O-])c(Cl)c1. The van der Waals surface area contributed by atoms with Crippen LogP contribution in [-0.2, 0) is 0 Å². The highest BCUT2D eigenvalue weighted by molar-refractivity contribution is 6.33. The van der Waals surface area contributed by atoms with E-state index in [2.05, 4.69) is 5.32 Å². The Labute approximate surface area is 102 Å². The van der Waals surface area contributed by atoms with Crippen LogP contribution in [0.15, 0.2) is 18.2 Å². The molecule has 0 saturated carbocycles. The first-order valence-electron chi connectivity index (χ1n) is 4.82. The fraction of sp³-hybridized carbons (Fsp3) is 0.300. The molecule has 6 nitrogen and oxygen atoms in total. The predicted octanol–water partition coefficient (Wildman–Crippen LogP) is 1.36. The molecule has 0 aliphatic heterocycles. The van der Waals surface area contributed by atoms with Gasteiger partial charge in [0, 0.05) is 18.2 Å². The Morgan fingerprint density at radius 1 is 1.65 bits per heavy atom. The maximum atomic E-state index is 11.5. The second-order valence-corrected chi connectivity index (χ2v) is 3.89. The van der Waals surface area contributed by atoms with E-state index in [1.54, 1.807) is 0 Å². The van der Waals surface area contributed by atoms with Crippen LogP contribution in [-0.4, -0.2) is 28.6 Å². The molecule has 1 atom stereocenters. The first kappa shape index (κ1) is 13.4. The molecule has 0 saturated heterocycles. The number of carbonyl (C=O) groups is 1. The molecule has 1 aromatic rings. The molecule has 17 heavy (non-hydrogen) atoms. The Bertz CT molecular complexity index is 448.